The number of allylic oxidation sites excluding steroid dienone is 5. The Morgan fingerprint density at radius 2 is 1.72 bits per heavy atom. The zero-order valence-electron chi connectivity index (χ0n) is 17.2. The van der Waals surface area contributed by atoms with Crippen LogP contribution in [-0.2, 0) is 0 Å². The zero-order valence-corrected chi connectivity index (χ0v) is 17.2. The second-order valence-electron chi connectivity index (χ2n) is 10.1. The molecule has 25 heavy (non-hydrogen) atoms. The Bertz CT molecular complexity index is 619. The fourth-order valence-corrected chi connectivity index (χ4v) is 4.28. The molecule has 138 valence electrons. The molecule has 0 aromatic carbocycles. The van der Waals surface area contributed by atoms with Crippen LogP contribution in [0, 0.1) is 16.7 Å². The van der Waals surface area contributed by atoms with Gasteiger partial charge in [0.2, 0.25) is 6.34 Å². The summed E-state index contributed by atoms with van der Waals surface area (Å²) in [6.45, 7) is 16.3. The van der Waals surface area contributed by atoms with Gasteiger partial charge in [-0.15, -0.1) is 0 Å². The molecule has 2 nitrogen and oxygen atoms in total. The summed E-state index contributed by atoms with van der Waals surface area (Å²) in [5.41, 5.74) is 3.77. The average molecular weight is 342 g/mol. The molecule has 3 aliphatic rings. The lowest BCUT2D eigenvalue weighted by molar-refractivity contribution is -0.543. The van der Waals surface area contributed by atoms with E-state index in [4.69, 9.17) is 0 Å². The Hall–Kier alpha value is -1.31. The number of nitrogens with zero attached hydrogens (tertiary/aromatic N) is 2. The van der Waals surface area contributed by atoms with Gasteiger partial charge in [0.15, 0.2) is 0 Å². The first-order valence-electron chi connectivity index (χ1n) is 10.1. The number of hydrogen-bond acceptors (Lipinski definition) is 1. The summed E-state index contributed by atoms with van der Waals surface area (Å²) >= 11 is 0. The number of hydrogen-bond donors (Lipinski definition) is 0. The molecule has 1 aliphatic heterocycles. The first-order valence-corrected chi connectivity index (χ1v) is 10.1. The Balaban J connectivity index is 1.66. The summed E-state index contributed by atoms with van der Waals surface area (Å²) in [5, 5.41) is 0. The molecule has 0 fully saturated rings. The molecular formula is C23H37N2+. The SMILES string of the molecule is CC(C)(C)C1=CC=C(N2C=[N+]([C@H]3C=C[C@@H](C(C)(C)C)CC3)CC2)CC1. The monoisotopic (exact) mass is 341 g/mol. The first-order chi connectivity index (χ1) is 11.6. The molecule has 0 unspecified atom stereocenters. The van der Waals surface area contributed by atoms with Crippen molar-refractivity contribution in [3.63, 3.8) is 0 Å². The van der Waals surface area contributed by atoms with E-state index in [0.717, 1.165) is 19.0 Å². The summed E-state index contributed by atoms with van der Waals surface area (Å²) in [7, 11) is 0. The minimum absolute atomic E-state index is 0.305. The van der Waals surface area contributed by atoms with Gasteiger partial charge < -0.3 is 0 Å². The maximum Gasteiger partial charge on any atom is 0.239 e. The Morgan fingerprint density at radius 3 is 2.24 bits per heavy atom. The average Bonchev–Trinajstić information content (AvgIpc) is 3.03. The zero-order chi connectivity index (χ0) is 18.2. The van der Waals surface area contributed by atoms with Crippen LogP contribution in [0.3, 0.4) is 0 Å². The van der Waals surface area contributed by atoms with Gasteiger partial charge in [0, 0.05) is 6.42 Å². The third kappa shape index (κ3) is 4.27. The van der Waals surface area contributed by atoms with Crippen LogP contribution in [0.2, 0.25) is 0 Å². The van der Waals surface area contributed by atoms with Crippen molar-refractivity contribution in [3.8, 4) is 0 Å². The molecule has 0 bridgehead atoms. The minimum Gasteiger partial charge on any atom is -0.258 e. The molecule has 3 rings (SSSR count). The van der Waals surface area contributed by atoms with E-state index in [1.54, 1.807) is 5.57 Å². The first kappa shape index (κ1) is 18.5. The third-order valence-corrected chi connectivity index (χ3v) is 6.22. The predicted molar refractivity (Wildman–Crippen MR) is 108 cm³/mol. The van der Waals surface area contributed by atoms with Crippen LogP contribution < -0.4 is 0 Å². The van der Waals surface area contributed by atoms with E-state index in [2.05, 4.69) is 81.7 Å². The summed E-state index contributed by atoms with van der Waals surface area (Å²) < 4.78 is 2.55. The van der Waals surface area contributed by atoms with Gasteiger partial charge in [0.05, 0.1) is 0 Å². The van der Waals surface area contributed by atoms with Gasteiger partial charge in [-0.05, 0) is 48.2 Å². The summed E-state index contributed by atoms with van der Waals surface area (Å²) in [5.74, 6) is 0.726. The van der Waals surface area contributed by atoms with Crippen LogP contribution in [0.4, 0.5) is 0 Å². The van der Waals surface area contributed by atoms with Gasteiger partial charge in [-0.25, -0.2) is 4.90 Å². The van der Waals surface area contributed by atoms with Crippen molar-refractivity contribution in [1.82, 2.24) is 4.90 Å². The normalized spacial score (nSPS) is 27.9. The van der Waals surface area contributed by atoms with Crippen molar-refractivity contribution < 1.29 is 4.58 Å². The van der Waals surface area contributed by atoms with Crippen LogP contribution in [0.5, 0.6) is 0 Å². The van der Waals surface area contributed by atoms with Crippen LogP contribution in [-0.4, -0.2) is 34.9 Å². The molecule has 0 spiro atoms. The van der Waals surface area contributed by atoms with Crippen molar-refractivity contribution in [2.75, 3.05) is 13.1 Å². The summed E-state index contributed by atoms with van der Waals surface area (Å²) in [4.78, 5) is 2.49. The maximum absolute atomic E-state index is 2.55. The number of rotatable bonds is 2. The van der Waals surface area contributed by atoms with Crippen molar-refractivity contribution in [3.05, 3.63) is 35.6 Å². The highest BCUT2D eigenvalue weighted by Crippen LogP contribution is 2.36. The fraction of sp³-hybridized carbons (Fsp3) is 0.696. The maximum atomic E-state index is 2.55. The van der Waals surface area contributed by atoms with E-state index in [1.165, 1.54) is 31.4 Å². The fourth-order valence-electron chi connectivity index (χ4n) is 4.28. The molecular weight excluding hydrogens is 304 g/mol. The van der Waals surface area contributed by atoms with Crippen LogP contribution in [0.15, 0.2) is 35.6 Å². The topological polar surface area (TPSA) is 6.25 Å². The van der Waals surface area contributed by atoms with E-state index in [0.29, 0.717) is 16.9 Å². The van der Waals surface area contributed by atoms with E-state index >= 15 is 0 Å². The minimum atomic E-state index is 0.305. The van der Waals surface area contributed by atoms with Crippen molar-refractivity contribution in [2.24, 2.45) is 16.7 Å². The van der Waals surface area contributed by atoms with Gasteiger partial charge in [0.25, 0.3) is 0 Å². The van der Waals surface area contributed by atoms with Gasteiger partial charge in [-0.3, -0.25) is 4.58 Å². The summed E-state index contributed by atoms with van der Waals surface area (Å²) in [6, 6.07) is 0.591. The molecule has 0 aromatic rings. The molecule has 2 heteroatoms. The lowest BCUT2D eigenvalue weighted by Crippen LogP contribution is -2.30. The molecule has 0 saturated heterocycles. The smallest absolute Gasteiger partial charge is 0.239 e. The molecule has 0 amide bonds. The third-order valence-electron chi connectivity index (χ3n) is 6.22. The molecule has 2 atom stereocenters. The molecule has 0 saturated carbocycles. The van der Waals surface area contributed by atoms with Gasteiger partial charge in [0.1, 0.15) is 24.8 Å². The predicted octanol–water partition coefficient (Wildman–Crippen LogP) is 5.37. The van der Waals surface area contributed by atoms with E-state index in [1.807, 2.05) is 0 Å². The lowest BCUT2D eigenvalue weighted by Gasteiger charge is -2.32. The van der Waals surface area contributed by atoms with Gasteiger partial charge in [-0.1, -0.05) is 59.3 Å². The van der Waals surface area contributed by atoms with Gasteiger partial charge in [-0.2, -0.15) is 0 Å². The van der Waals surface area contributed by atoms with Crippen LogP contribution in [0.25, 0.3) is 0 Å². The standard InChI is InChI=1S/C23H37N2/c1-22(2,3)18-7-11-20(12-8-18)24-15-16-25(17-24)21-13-9-19(10-14-21)23(4,5)6/h7,9,11,13,17-18,20H,8,10,12,14-16H2,1-6H3/q+1/t18-,20+/m1/s1. The largest absolute Gasteiger partial charge is 0.258 e. The second-order valence-corrected chi connectivity index (χ2v) is 10.1. The van der Waals surface area contributed by atoms with E-state index in [-0.39, 0.29) is 0 Å². The Labute approximate surface area is 155 Å². The highest BCUT2D eigenvalue weighted by molar-refractivity contribution is 5.55. The molecule has 0 aromatic heterocycles. The molecule has 1 heterocycles. The highest BCUT2D eigenvalue weighted by Gasteiger charge is 2.32. The Kier molecular flexibility index (Phi) is 5.01. The van der Waals surface area contributed by atoms with Gasteiger partial charge >= 0.3 is 0 Å². The second kappa shape index (κ2) is 6.78. The lowest BCUT2D eigenvalue weighted by atomic mass is 9.75. The Morgan fingerprint density at radius 1 is 0.960 bits per heavy atom. The van der Waals surface area contributed by atoms with Crippen LogP contribution >= 0.6 is 0 Å². The molecule has 0 N–H and O–H groups in total. The van der Waals surface area contributed by atoms with E-state index < -0.39 is 0 Å². The highest BCUT2D eigenvalue weighted by atomic mass is 15.3. The molecule has 2 aliphatic carbocycles. The van der Waals surface area contributed by atoms with E-state index in [9.17, 15) is 0 Å². The quantitative estimate of drug-likeness (QED) is 0.483. The molecule has 0 radical (unpaired) electrons. The van der Waals surface area contributed by atoms with Crippen LogP contribution in [0.1, 0.15) is 67.2 Å². The van der Waals surface area contributed by atoms with Crippen molar-refractivity contribution in [1.29, 1.82) is 0 Å². The van der Waals surface area contributed by atoms with Crippen molar-refractivity contribution >= 4 is 6.34 Å². The van der Waals surface area contributed by atoms with Crippen molar-refractivity contribution in [2.45, 2.75) is 73.3 Å². The summed E-state index contributed by atoms with van der Waals surface area (Å²) in [6.07, 6.45) is 17.0.